The van der Waals surface area contributed by atoms with Gasteiger partial charge in [-0.2, -0.15) is 0 Å². The minimum Gasteiger partial charge on any atom is -0.380 e. The van der Waals surface area contributed by atoms with Crippen molar-refractivity contribution < 1.29 is 9.53 Å². The van der Waals surface area contributed by atoms with Crippen LogP contribution in [0.4, 0.5) is 0 Å². The lowest BCUT2D eigenvalue weighted by molar-refractivity contribution is -0.135. The van der Waals surface area contributed by atoms with Crippen LogP contribution in [-0.2, 0) is 9.53 Å². The van der Waals surface area contributed by atoms with Crippen LogP contribution in [0.3, 0.4) is 0 Å². The maximum Gasteiger partial charge on any atom is 0.240 e. The van der Waals surface area contributed by atoms with Gasteiger partial charge in [0.25, 0.3) is 0 Å². The summed E-state index contributed by atoms with van der Waals surface area (Å²) < 4.78 is 5.47. The number of carbonyl (C=O) groups is 1. The predicted octanol–water partition coefficient (Wildman–Crippen LogP) is 1.16. The standard InChI is InChI=1S/C13H24N2O2/c1-2-17-10-11-6-5-9-15(11)13(16)12-7-3-4-8-14-12/h11-12,14H,2-10H2,1H3. The van der Waals surface area contributed by atoms with E-state index in [4.69, 9.17) is 4.74 Å². The number of rotatable bonds is 4. The number of hydrogen-bond donors (Lipinski definition) is 1. The zero-order chi connectivity index (χ0) is 12.1. The van der Waals surface area contributed by atoms with E-state index in [1.807, 2.05) is 11.8 Å². The van der Waals surface area contributed by atoms with Crippen LogP contribution in [0.1, 0.15) is 39.0 Å². The zero-order valence-corrected chi connectivity index (χ0v) is 10.8. The Kier molecular flexibility index (Phi) is 4.80. The van der Waals surface area contributed by atoms with Crippen molar-refractivity contribution >= 4 is 5.91 Å². The molecule has 17 heavy (non-hydrogen) atoms. The summed E-state index contributed by atoms with van der Waals surface area (Å²) in [6.45, 7) is 5.34. The number of likely N-dealkylation sites (tertiary alicyclic amines) is 1. The summed E-state index contributed by atoms with van der Waals surface area (Å²) in [5.74, 6) is 0.298. The molecule has 4 heteroatoms. The van der Waals surface area contributed by atoms with Gasteiger partial charge in [0.05, 0.1) is 18.7 Å². The monoisotopic (exact) mass is 240 g/mol. The van der Waals surface area contributed by atoms with Gasteiger partial charge in [-0.15, -0.1) is 0 Å². The highest BCUT2D eigenvalue weighted by Gasteiger charge is 2.33. The third-order valence-corrected chi connectivity index (χ3v) is 3.78. The Hall–Kier alpha value is -0.610. The van der Waals surface area contributed by atoms with Crippen molar-refractivity contribution in [2.75, 3.05) is 26.3 Å². The number of ether oxygens (including phenoxy) is 1. The number of piperidine rings is 1. The van der Waals surface area contributed by atoms with Crippen LogP contribution in [0.5, 0.6) is 0 Å². The van der Waals surface area contributed by atoms with Gasteiger partial charge in [0.1, 0.15) is 0 Å². The highest BCUT2D eigenvalue weighted by Crippen LogP contribution is 2.20. The van der Waals surface area contributed by atoms with Crippen LogP contribution >= 0.6 is 0 Å². The third-order valence-electron chi connectivity index (χ3n) is 3.78. The van der Waals surface area contributed by atoms with E-state index >= 15 is 0 Å². The van der Waals surface area contributed by atoms with Gasteiger partial charge in [0.15, 0.2) is 0 Å². The van der Waals surface area contributed by atoms with Gasteiger partial charge in [-0.05, 0) is 39.2 Å². The van der Waals surface area contributed by atoms with Crippen LogP contribution in [0.15, 0.2) is 0 Å². The lowest BCUT2D eigenvalue weighted by Crippen LogP contribution is -2.50. The van der Waals surface area contributed by atoms with E-state index in [0.29, 0.717) is 18.6 Å². The number of amides is 1. The normalized spacial score (nSPS) is 29.6. The van der Waals surface area contributed by atoms with Crippen LogP contribution in [0.25, 0.3) is 0 Å². The second-order valence-corrected chi connectivity index (χ2v) is 4.99. The molecule has 2 heterocycles. The largest absolute Gasteiger partial charge is 0.380 e. The topological polar surface area (TPSA) is 41.6 Å². The van der Waals surface area contributed by atoms with Crippen molar-refractivity contribution in [3.05, 3.63) is 0 Å². The third kappa shape index (κ3) is 3.19. The van der Waals surface area contributed by atoms with E-state index in [1.165, 1.54) is 12.8 Å². The molecule has 2 atom stereocenters. The fourth-order valence-electron chi connectivity index (χ4n) is 2.82. The minimum absolute atomic E-state index is 0.0611. The smallest absolute Gasteiger partial charge is 0.240 e. The highest BCUT2D eigenvalue weighted by atomic mass is 16.5. The average molecular weight is 240 g/mol. The molecule has 0 aromatic rings. The van der Waals surface area contributed by atoms with Crippen molar-refractivity contribution in [2.24, 2.45) is 0 Å². The van der Waals surface area contributed by atoms with Crippen LogP contribution in [0, 0.1) is 0 Å². The second-order valence-electron chi connectivity index (χ2n) is 4.99. The van der Waals surface area contributed by atoms with Gasteiger partial charge in [0.2, 0.25) is 5.91 Å². The first kappa shape index (κ1) is 12.8. The van der Waals surface area contributed by atoms with Gasteiger partial charge in [-0.25, -0.2) is 0 Å². The number of carbonyl (C=O) groups excluding carboxylic acids is 1. The first-order valence-corrected chi connectivity index (χ1v) is 6.94. The number of hydrogen-bond acceptors (Lipinski definition) is 3. The van der Waals surface area contributed by atoms with Gasteiger partial charge in [-0.3, -0.25) is 4.79 Å². The molecule has 2 unspecified atom stereocenters. The average Bonchev–Trinajstić information content (AvgIpc) is 2.84. The molecule has 98 valence electrons. The lowest BCUT2D eigenvalue weighted by atomic mass is 10.0. The van der Waals surface area contributed by atoms with E-state index in [2.05, 4.69) is 5.32 Å². The molecule has 4 nitrogen and oxygen atoms in total. The molecule has 0 aromatic carbocycles. The summed E-state index contributed by atoms with van der Waals surface area (Å²) >= 11 is 0. The summed E-state index contributed by atoms with van der Waals surface area (Å²) in [7, 11) is 0. The van der Waals surface area contributed by atoms with Gasteiger partial charge < -0.3 is 15.0 Å². The van der Waals surface area contributed by atoms with Crippen LogP contribution in [0.2, 0.25) is 0 Å². The molecule has 2 aliphatic rings. The Morgan fingerprint density at radius 1 is 1.35 bits per heavy atom. The van der Waals surface area contributed by atoms with Gasteiger partial charge >= 0.3 is 0 Å². The fraction of sp³-hybridized carbons (Fsp3) is 0.923. The van der Waals surface area contributed by atoms with E-state index in [-0.39, 0.29) is 6.04 Å². The Labute approximate surface area is 104 Å². The van der Waals surface area contributed by atoms with Crippen LogP contribution < -0.4 is 5.32 Å². The van der Waals surface area contributed by atoms with Gasteiger partial charge in [0, 0.05) is 13.2 Å². The summed E-state index contributed by atoms with van der Waals surface area (Å²) in [5, 5.41) is 3.34. The van der Waals surface area contributed by atoms with E-state index in [9.17, 15) is 4.79 Å². The zero-order valence-electron chi connectivity index (χ0n) is 10.8. The van der Waals surface area contributed by atoms with E-state index in [1.54, 1.807) is 0 Å². The predicted molar refractivity (Wildman–Crippen MR) is 66.9 cm³/mol. The molecule has 0 spiro atoms. The quantitative estimate of drug-likeness (QED) is 0.801. The minimum atomic E-state index is 0.0611. The molecule has 2 aliphatic heterocycles. The molecule has 2 fully saturated rings. The van der Waals surface area contributed by atoms with Crippen molar-refractivity contribution in [1.29, 1.82) is 0 Å². The summed E-state index contributed by atoms with van der Waals surface area (Å²) in [6, 6.07) is 0.372. The maximum atomic E-state index is 12.4. The molecular formula is C13H24N2O2. The first-order valence-electron chi connectivity index (χ1n) is 6.94. The Balaban J connectivity index is 1.88. The summed E-state index contributed by atoms with van der Waals surface area (Å²) in [6.07, 6.45) is 5.59. The molecule has 0 aliphatic carbocycles. The summed E-state index contributed by atoms with van der Waals surface area (Å²) in [4.78, 5) is 14.4. The molecule has 0 bridgehead atoms. The molecule has 1 N–H and O–H groups in total. The molecule has 1 amide bonds. The number of nitrogens with one attached hydrogen (secondary N) is 1. The van der Waals surface area contributed by atoms with Crippen molar-refractivity contribution in [2.45, 2.75) is 51.1 Å². The van der Waals surface area contributed by atoms with E-state index < -0.39 is 0 Å². The Morgan fingerprint density at radius 2 is 2.24 bits per heavy atom. The Morgan fingerprint density at radius 3 is 2.94 bits per heavy atom. The Bertz CT molecular complexity index is 252. The number of nitrogens with zero attached hydrogens (tertiary/aromatic N) is 1. The summed E-state index contributed by atoms with van der Waals surface area (Å²) in [5.41, 5.74) is 0. The first-order chi connectivity index (χ1) is 8.33. The highest BCUT2D eigenvalue weighted by molar-refractivity contribution is 5.82. The van der Waals surface area contributed by atoms with Crippen LogP contribution in [-0.4, -0.2) is 49.2 Å². The van der Waals surface area contributed by atoms with Crippen molar-refractivity contribution in [3.8, 4) is 0 Å². The molecular weight excluding hydrogens is 216 g/mol. The van der Waals surface area contributed by atoms with Gasteiger partial charge in [-0.1, -0.05) is 6.42 Å². The van der Waals surface area contributed by atoms with E-state index in [0.717, 1.165) is 39.0 Å². The molecule has 0 saturated carbocycles. The molecule has 2 saturated heterocycles. The molecule has 0 aromatic heterocycles. The van der Waals surface area contributed by atoms with Crippen molar-refractivity contribution in [3.63, 3.8) is 0 Å². The molecule has 0 radical (unpaired) electrons. The fourth-order valence-corrected chi connectivity index (χ4v) is 2.82. The SMILES string of the molecule is CCOCC1CCCN1C(=O)C1CCCCN1. The molecule has 2 rings (SSSR count). The maximum absolute atomic E-state index is 12.4. The second kappa shape index (κ2) is 6.36. The lowest BCUT2D eigenvalue weighted by Gasteiger charge is -2.31. The van der Waals surface area contributed by atoms with Crippen molar-refractivity contribution in [1.82, 2.24) is 10.2 Å².